The van der Waals surface area contributed by atoms with Gasteiger partial charge in [0.2, 0.25) is 5.91 Å². The van der Waals surface area contributed by atoms with E-state index in [1.807, 2.05) is 25.1 Å². The Kier molecular flexibility index (Phi) is 8.88. The van der Waals surface area contributed by atoms with Crippen LogP contribution in [-0.4, -0.2) is 18.2 Å². The molecule has 2 aromatic carbocycles. The summed E-state index contributed by atoms with van der Waals surface area (Å²) in [6.07, 6.45) is -0.224. The van der Waals surface area contributed by atoms with Crippen LogP contribution >= 0.6 is 12.4 Å². The summed E-state index contributed by atoms with van der Waals surface area (Å²) in [5.74, 6) is -2.53. The molecule has 0 heterocycles. The molecule has 0 aliphatic heterocycles. The van der Waals surface area contributed by atoms with Crippen molar-refractivity contribution in [1.82, 2.24) is 5.32 Å². The summed E-state index contributed by atoms with van der Waals surface area (Å²) in [4.78, 5) is 23.9. The lowest BCUT2D eigenvalue weighted by atomic mass is 10.1. The Hall–Kier alpha value is -2.31. The molecule has 0 aliphatic rings. The third kappa shape index (κ3) is 6.54. The quantitative estimate of drug-likeness (QED) is 0.676. The molecule has 2 N–H and O–H groups in total. The summed E-state index contributed by atoms with van der Waals surface area (Å²) >= 11 is 0. The van der Waals surface area contributed by atoms with Crippen molar-refractivity contribution in [3.63, 3.8) is 0 Å². The van der Waals surface area contributed by atoms with E-state index in [2.05, 4.69) is 10.6 Å². The SMILES string of the molecule is CCNCc1cccc(NC(=O)CCC(=O)c2ccc(F)cc2F)c1.Cl. The van der Waals surface area contributed by atoms with E-state index >= 15 is 0 Å². The van der Waals surface area contributed by atoms with Crippen molar-refractivity contribution in [2.75, 3.05) is 11.9 Å². The molecule has 0 atom stereocenters. The molecule has 0 unspecified atom stereocenters. The average molecular weight is 383 g/mol. The first-order valence-electron chi connectivity index (χ1n) is 8.07. The van der Waals surface area contributed by atoms with Gasteiger partial charge in [-0.25, -0.2) is 8.78 Å². The van der Waals surface area contributed by atoms with Gasteiger partial charge in [0.1, 0.15) is 11.6 Å². The summed E-state index contributed by atoms with van der Waals surface area (Å²) in [6, 6.07) is 10.2. The number of amides is 1. The third-order valence-corrected chi connectivity index (χ3v) is 3.60. The maximum absolute atomic E-state index is 13.6. The van der Waals surface area contributed by atoms with E-state index in [-0.39, 0.29) is 36.7 Å². The van der Waals surface area contributed by atoms with E-state index in [4.69, 9.17) is 0 Å². The molecule has 0 saturated heterocycles. The molecule has 2 aromatic rings. The second-order valence-corrected chi connectivity index (χ2v) is 5.58. The van der Waals surface area contributed by atoms with Crippen LogP contribution in [0.1, 0.15) is 35.7 Å². The third-order valence-electron chi connectivity index (χ3n) is 3.60. The molecule has 140 valence electrons. The van der Waals surface area contributed by atoms with Crippen molar-refractivity contribution >= 4 is 29.8 Å². The Morgan fingerprint density at radius 1 is 1.04 bits per heavy atom. The summed E-state index contributed by atoms with van der Waals surface area (Å²) in [5.41, 5.74) is 1.46. The summed E-state index contributed by atoms with van der Waals surface area (Å²) in [5, 5.41) is 5.91. The number of carbonyl (C=O) groups excluding carboxylic acids is 2. The lowest BCUT2D eigenvalue weighted by molar-refractivity contribution is -0.116. The number of hydrogen-bond donors (Lipinski definition) is 2. The van der Waals surface area contributed by atoms with Crippen LogP contribution in [-0.2, 0) is 11.3 Å². The van der Waals surface area contributed by atoms with Gasteiger partial charge in [0.15, 0.2) is 5.78 Å². The molecule has 0 radical (unpaired) electrons. The van der Waals surface area contributed by atoms with Gasteiger partial charge in [-0.2, -0.15) is 0 Å². The number of Topliss-reactive ketones (excluding diaryl/α,β-unsaturated/α-hetero) is 1. The molecule has 1 amide bonds. The first kappa shape index (κ1) is 21.7. The van der Waals surface area contributed by atoms with E-state index in [1.54, 1.807) is 6.07 Å². The number of ketones is 1. The van der Waals surface area contributed by atoms with Crippen molar-refractivity contribution in [2.24, 2.45) is 0 Å². The van der Waals surface area contributed by atoms with Gasteiger partial charge < -0.3 is 10.6 Å². The van der Waals surface area contributed by atoms with Gasteiger partial charge >= 0.3 is 0 Å². The van der Waals surface area contributed by atoms with Gasteiger partial charge in [-0.1, -0.05) is 19.1 Å². The van der Waals surface area contributed by atoms with Crippen LogP contribution in [0.15, 0.2) is 42.5 Å². The maximum Gasteiger partial charge on any atom is 0.224 e. The van der Waals surface area contributed by atoms with Gasteiger partial charge in [0, 0.05) is 31.1 Å². The minimum Gasteiger partial charge on any atom is -0.326 e. The lowest BCUT2D eigenvalue weighted by Crippen LogP contribution is -2.15. The Morgan fingerprint density at radius 3 is 2.50 bits per heavy atom. The molecule has 0 aliphatic carbocycles. The molecule has 26 heavy (non-hydrogen) atoms. The van der Waals surface area contributed by atoms with E-state index in [0.29, 0.717) is 18.3 Å². The Labute approximate surface area is 157 Å². The fraction of sp³-hybridized carbons (Fsp3) is 0.263. The van der Waals surface area contributed by atoms with Crippen molar-refractivity contribution in [2.45, 2.75) is 26.3 Å². The van der Waals surface area contributed by atoms with Gasteiger partial charge in [-0.15, -0.1) is 12.4 Å². The highest BCUT2D eigenvalue weighted by atomic mass is 35.5. The van der Waals surface area contributed by atoms with Crippen LogP contribution in [0.5, 0.6) is 0 Å². The second-order valence-electron chi connectivity index (χ2n) is 5.58. The molecule has 7 heteroatoms. The average Bonchev–Trinajstić information content (AvgIpc) is 2.58. The van der Waals surface area contributed by atoms with Crippen molar-refractivity contribution in [1.29, 1.82) is 0 Å². The predicted octanol–water partition coefficient (Wildman–Crippen LogP) is 4.10. The molecule has 0 aromatic heterocycles. The summed E-state index contributed by atoms with van der Waals surface area (Å²) in [7, 11) is 0. The largest absolute Gasteiger partial charge is 0.326 e. The van der Waals surface area contributed by atoms with Crippen molar-refractivity contribution < 1.29 is 18.4 Å². The van der Waals surface area contributed by atoms with Crippen LogP contribution in [0.25, 0.3) is 0 Å². The highest BCUT2D eigenvalue weighted by Gasteiger charge is 2.14. The number of nitrogens with one attached hydrogen (secondary N) is 2. The van der Waals surface area contributed by atoms with Gasteiger partial charge in [-0.05, 0) is 36.4 Å². The molecular weight excluding hydrogens is 362 g/mol. The fourth-order valence-electron chi connectivity index (χ4n) is 2.33. The first-order valence-corrected chi connectivity index (χ1v) is 8.07. The minimum absolute atomic E-state index is 0. The summed E-state index contributed by atoms with van der Waals surface area (Å²) < 4.78 is 26.4. The molecule has 4 nitrogen and oxygen atoms in total. The minimum atomic E-state index is -0.915. The van der Waals surface area contributed by atoms with Crippen LogP contribution in [0.3, 0.4) is 0 Å². The van der Waals surface area contributed by atoms with Crippen LogP contribution < -0.4 is 10.6 Å². The van der Waals surface area contributed by atoms with E-state index in [9.17, 15) is 18.4 Å². The zero-order valence-electron chi connectivity index (χ0n) is 14.4. The smallest absolute Gasteiger partial charge is 0.224 e. The molecule has 0 spiro atoms. The normalized spacial score (nSPS) is 10.1. The molecular formula is C19H21ClF2N2O2. The maximum atomic E-state index is 13.6. The van der Waals surface area contributed by atoms with E-state index < -0.39 is 17.4 Å². The number of halogens is 3. The number of benzene rings is 2. The van der Waals surface area contributed by atoms with Gasteiger partial charge in [0.25, 0.3) is 0 Å². The van der Waals surface area contributed by atoms with E-state index in [0.717, 1.165) is 24.2 Å². The number of hydrogen-bond acceptors (Lipinski definition) is 3. The Balaban J connectivity index is 0.00000338. The van der Waals surface area contributed by atoms with Crippen LogP contribution in [0, 0.1) is 11.6 Å². The van der Waals surface area contributed by atoms with Crippen molar-refractivity contribution in [3.05, 3.63) is 65.2 Å². The molecule has 0 saturated carbocycles. The monoisotopic (exact) mass is 382 g/mol. The lowest BCUT2D eigenvalue weighted by Gasteiger charge is -2.08. The van der Waals surface area contributed by atoms with Crippen molar-refractivity contribution in [3.8, 4) is 0 Å². The summed E-state index contributed by atoms with van der Waals surface area (Å²) in [6.45, 7) is 3.55. The zero-order valence-corrected chi connectivity index (χ0v) is 15.2. The molecule has 2 rings (SSSR count). The highest BCUT2D eigenvalue weighted by Crippen LogP contribution is 2.14. The number of carbonyl (C=O) groups is 2. The first-order chi connectivity index (χ1) is 12.0. The predicted molar refractivity (Wildman–Crippen MR) is 99.6 cm³/mol. The second kappa shape index (κ2) is 10.6. The molecule has 0 bridgehead atoms. The Morgan fingerprint density at radius 2 is 1.81 bits per heavy atom. The number of anilines is 1. The number of rotatable bonds is 8. The van der Waals surface area contributed by atoms with Crippen LogP contribution in [0.2, 0.25) is 0 Å². The van der Waals surface area contributed by atoms with Gasteiger partial charge in [-0.3, -0.25) is 9.59 Å². The van der Waals surface area contributed by atoms with E-state index in [1.165, 1.54) is 0 Å². The zero-order chi connectivity index (χ0) is 18.2. The Bertz CT molecular complexity index is 769. The van der Waals surface area contributed by atoms with Gasteiger partial charge in [0.05, 0.1) is 5.56 Å². The van der Waals surface area contributed by atoms with Crippen LogP contribution in [0.4, 0.5) is 14.5 Å². The fourth-order valence-corrected chi connectivity index (χ4v) is 2.33. The topological polar surface area (TPSA) is 58.2 Å². The molecule has 0 fully saturated rings. The standard InChI is InChI=1S/C19H20F2N2O2.ClH/c1-2-22-12-13-4-3-5-15(10-13)23-19(25)9-8-18(24)16-7-6-14(20)11-17(16)21;/h3-7,10-11,22H,2,8-9,12H2,1H3,(H,23,25);1H. The highest BCUT2D eigenvalue weighted by molar-refractivity contribution is 6.00.